The van der Waals surface area contributed by atoms with Crippen LogP contribution in [0.3, 0.4) is 0 Å². The molecule has 0 aliphatic rings. The number of aromatic nitrogens is 2. The summed E-state index contributed by atoms with van der Waals surface area (Å²) in [6, 6.07) is 0. The summed E-state index contributed by atoms with van der Waals surface area (Å²) in [6.45, 7) is 0.486. The molecule has 72 valence electrons. The molecule has 1 amide bonds. The number of imidazole rings is 1. The monoisotopic (exact) mass is 199 g/mol. The number of hydrogen-bond donors (Lipinski definition) is 2. The Morgan fingerprint density at radius 1 is 1.77 bits per heavy atom. The average Bonchev–Trinajstić information content (AvgIpc) is 2.64. The summed E-state index contributed by atoms with van der Waals surface area (Å²) >= 11 is 1.67. The number of thioether (sulfide) groups is 1. The molecule has 0 spiro atoms. The van der Waals surface area contributed by atoms with Crippen molar-refractivity contribution in [1.82, 2.24) is 15.3 Å². The summed E-state index contributed by atoms with van der Waals surface area (Å²) in [5.74, 6) is 1.73. The molecule has 0 aromatic carbocycles. The van der Waals surface area contributed by atoms with Gasteiger partial charge in [0.05, 0.1) is 6.54 Å². The molecule has 0 radical (unpaired) electrons. The van der Waals surface area contributed by atoms with Crippen LogP contribution in [0.4, 0.5) is 0 Å². The lowest BCUT2D eigenvalue weighted by Gasteiger charge is -2.01. The van der Waals surface area contributed by atoms with E-state index in [-0.39, 0.29) is 5.91 Å². The van der Waals surface area contributed by atoms with Crippen molar-refractivity contribution in [2.24, 2.45) is 0 Å². The Hall–Kier alpha value is -0.970. The van der Waals surface area contributed by atoms with Crippen molar-refractivity contribution in [3.05, 3.63) is 18.2 Å². The molecule has 2 N–H and O–H groups in total. The van der Waals surface area contributed by atoms with E-state index in [1.165, 1.54) is 0 Å². The fourth-order valence-electron chi connectivity index (χ4n) is 0.860. The fourth-order valence-corrected chi connectivity index (χ4v) is 1.25. The number of nitrogens with one attached hydrogen (secondary N) is 2. The Kier molecular flexibility index (Phi) is 4.39. The third kappa shape index (κ3) is 3.98. The minimum Gasteiger partial charge on any atom is -0.349 e. The van der Waals surface area contributed by atoms with Crippen LogP contribution in [0.15, 0.2) is 12.4 Å². The summed E-state index contributed by atoms with van der Waals surface area (Å²) in [6.07, 6.45) is 5.97. The summed E-state index contributed by atoms with van der Waals surface area (Å²) in [5, 5.41) is 2.77. The van der Waals surface area contributed by atoms with Gasteiger partial charge in [-0.05, 0) is 6.26 Å². The topological polar surface area (TPSA) is 57.8 Å². The van der Waals surface area contributed by atoms with E-state index in [2.05, 4.69) is 15.3 Å². The molecule has 1 aromatic rings. The largest absolute Gasteiger partial charge is 0.349 e. The second-order valence-corrected chi connectivity index (χ2v) is 3.54. The van der Waals surface area contributed by atoms with Crippen LogP contribution in [0, 0.1) is 0 Å². The quantitative estimate of drug-likeness (QED) is 0.736. The Balaban J connectivity index is 2.15. The molecule has 0 saturated carbocycles. The maximum absolute atomic E-state index is 11.1. The SMILES string of the molecule is CSCCC(=O)NCc1ncc[nH]1. The third-order valence-corrected chi connectivity index (χ3v) is 2.15. The van der Waals surface area contributed by atoms with Crippen LogP contribution in [0.25, 0.3) is 0 Å². The lowest BCUT2D eigenvalue weighted by Crippen LogP contribution is -2.23. The molecule has 4 nitrogen and oxygen atoms in total. The zero-order chi connectivity index (χ0) is 9.52. The lowest BCUT2D eigenvalue weighted by atomic mass is 10.4. The molecule has 0 saturated heterocycles. The van der Waals surface area contributed by atoms with Crippen LogP contribution < -0.4 is 5.32 Å². The van der Waals surface area contributed by atoms with Gasteiger partial charge >= 0.3 is 0 Å². The Morgan fingerprint density at radius 2 is 2.62 bits per heavy atom. The average molecular weight is 199 g/mol. The first-order valence-corrected chi connectivity index (χ1v) is 5.46. The highest BCUT2D eigenvalue weighted by molar-refractivity contribution is 7.98. The zero-order valence-electron chi connectivity index (χ0n) is 7.54. The molecule has 5 heteroatoms. The summed E-state index contributed by atoms with van der Waals surface area (Å²) in [7, 11) is 0. The number of rotatable bonds is 5. The van der Waals surface area contributed by atoms with E-state index in [0.717, 1.165) is 11.6 Å². The Bertz CT molecular complexity index is 248. The van der Waals surface area contributed by atoms with Crippen molar-refractivity contribution in [2.45, 2.75) is 13.0 Å². The molecule has 1 heterocycles. The molecule has 0 atom stereocenters. The first-order valence-electron chi connectivity index (χ1n) is 4.07. The van der Waals surface area contributed by atoms with Gasteiger partial charge in [0.15, 0.2) is 0 Å². The lowest BCUT2D eigenvalue weighted by molar-refractivity contribution is -0.120. The van der Waals surface area contributed by atoms with Gasteiger partial charge in [0, 0.05) is 24.6 Å². The number of nitrogens with zero attached hydrogens (tertiary/aromatic N) is 1. The molecule has 0 bridgehead atoms. The number of amides is 1. The second kappa shape index (κ2) is 5.64. The van der Waals surface area contributed by atoms with E-state index < -0.39 is 0 Å². The van der Waals surface area contributed by atoms with Crippen LogP contribution in [0.1, 0.15) is 12.2 Å². The van der Waals surface area contributed by atoms with Gasteiger partial charge in [-0.15, -0.1) is 0 Å². The first-order chi connectivity index (χ1) is 6.33. The van der Waals surface area contributed by atoms with E-state index in [1.54, 1.807) is 24.2 Å². The highest BCUT2D eigenvalue weighted by atomic mass is 32.2. The van der Waals surface area contributed by atoms with E-state index in [4.69, 9.17) is 0 Å². The first kappa shape index (κ1) is 10.1. The van der Waals surface area contributed by atoms with Crippen molar-refractivity contribution in [3.63, 3.8) is 0 Å². The maximum Gasteiger partial charge on any atom is 0.221 e. The maximum atomic E-state index is 11.1. The van der Waals surface area contributed by atoms with E-state index in [9.17, 15) is 4.79 Å². The van der Waals surface area contributed by atoms with Crippen molar-refractivity contribution in [2.75, 3.05) is 12.0 Å². The molecule has 1 aromatic heterocycles. The smallest absolute Gasteiger partial charge is 0.221 e. The van der Waals surface area contributed by atoms with Gasteiger partial charge in [-0.3, -0.25) is 4.79 Å². The van der Waals surface area contributed by atoms with Gasteiger partial charge in [0.2, 0.25) is 5.91 Å². The van der Waals surface area contributed by atoms with Crippen LogP contribution >= 0.6 is 11.8 Å². The van der Waals surface area contributed by atoms with Crippen molar-refractivity contribution in [1.29, 1.82) is 0 Å². The van der Waals surface area contributed by atoms with Crippen LogP contribution in [0.5, 0.6) is 0 Å². The van der Waals surface area contributed by atoms with Gasteiger partial charge in [-0.25, -0.2) is 4.98 Å². The Morgan fingerprint density at radius 3 is 3.23 bits per heavy atom. The number of carbonyl (C=O) groups excluding carboxylic acids is 1. The zero-order valence-corrected chi connectivity index (χ0v) is 8.36. The molecule has 0 aliphatic carbocycles. The summed E-state index contributed by atoms with van der Waals surface area (Å²) in [4.78, 5) is 18.0. The van der Waals surface area contributed by atoms with Crippen molar-refractivity contribution in [3.8, 4) is 0 Å². The molecule has 1 rings (SSSR count). The fraction of sp³-hybridized carbons (Fsp3) is 0.500. The van der Waals surface area contributed by atoms with Gasteiger partial charge in [0.25, 0.3) is 0 Å². The van der Waals surface area contributed by atoms with Gasteiger partial charge in [-0.2, -0.15) is 11.8 Å². The summed E-state index contributed by atoms with van der Waals surface area (Å²) in [5.41, 5.74) is 0. The number of hydrogen-bond acceptors (Lipinski definition) is 3. The van der Waals surface area contributed by atoms with Crippen LogP contribution in [0.2, 0.25) is 0 Å². The number of aromatic amines is 1. The molecular formula is C8H13N3OS. The van der Waals surface area contributed by atoms with Crippen LogP contribution in [-0.4, -0.2) is 27.9 Å². The highest BCUT2D eigenvalue weighted by Crippen LogP contribution is 1.95. The molecule has 0 aliphatic heterocycles. The van der Waals surface area contributed by atoms with E-state index >= 15 is 0 Å². The van der Waals surface area contributed by atoms with E-state index in [0.29, 0.717) is 13.0 Å². The van der Waals surface area contributed by atoms with E-state index in [1.807, 2.05) is 6.26 Å². The molecule has 0 unspecified atom stereocenters. The predicted octanol–water partition coefficient (Wildman–Crippen LogP) is 0.779. The number of H-pyrrole nitrogens is 1. The number of carbonyl (C=O) groups is 1. The standard InChI is InChI=1S/C8H13N3OS/c1-13-5-2-8(12)11-6-7-9-3-4-10-7/h3-4H,2,5-6H2,1H3,(H,9,10)(H,11,12). The molecule has 13 heavy (non-hydrogen) atoms. The van der Waals surface area contributed by atoms with Gasteiger partial charge in [-0.1, -0.05) is 0 Å². The second-order valence-electron chi connectivity index (χ2n) is 2.56. The van der Waals surface area contributed by atoms with Crippen molar-refractivity contribution < 1.29 is 4.79 Å². The minimum absolute atomic E-state index is 0.0748. The molecular weight excluding hydrogens is 186 g/mol. The molecule has 0 fully saturated rings. The Labute approximate surface area is 81.5 Å². The van der Waals surface area contributed by atoms with Gasteiger partial charge in [0.1, 0.15) is 5.82 Å². The van der Waals surface area contributed by atoms with Crippen molar-refractivity contribution >= 4 is 17.7 Å². The van der Waals surface area contributed by atoms with Gasteiger partial charge < -0.3 is 10.3 Å². The van der Waals surface area contributed by atoms with Crippen LogP contribution in [-0.2, 0) is 11.3 Å². The summed E-state index contributed by atoms with van der Waals surface area (Å²) < 4.78 is 0. The highest BCUT2D eigenvalue weighted by Gasteiger charge is 2.00. The minimum atomic E-state index is 0.0748. The third-order valence-electron chi connectivity index (χ3n) is 1.54. The predicted molar refractivity (Wildman–Crippen MR) is 53.4 cm³/mol. The normalized spacial score (nSPS) is 9.92.